The maximum absolute atomic E-state index is 5.70. The molecule has 4 nitrogen and oxygen atoms in total. The molecule has 2 heterocycles. The third-order valence-electron chi connectivity index (χ3n) is 4.87. The number of aromatic nitrogens is 2. The van der Waals surface area contributed by atoms with Crippen LogP contribution >= 0.6 is 0 Å². The molecule has 4 heteroatoms. The van der Waals surface area contributed by atoms with E-state index in [0.717, 1.165) is 59.2 Å². The zero-order valence-electron chi connectivity index (χ0n) is 15.0. The molecule has 0 saturated heterocycles. The summed E-state index contributed by atoms with van der Waals surface area (Å²) < 4.78 is 5.43. The Morgan fingerprint density at radius 1 is 1.08 bits per heavy atom. The van der Waals surface area contributed by atoms with E-state index in [1.165, 1.54) is 10.9 Å². The average Bonchev–Trinajstić information content (AvgIpc) is 3.05. The topological polar surface area (TPSA) is 63.9 Å². The van der Waals surface area contributed by atoms with Crippen molar-refractivity contribution >= 4 is 21.8 Å². The first-order valence-electron chi connectivity index (χ1n) is 9.04. The van der Waals surface area contributed by atoms with Crippen molar-refractivity contribution in [1.82, 2.24) is 9.97 Å². The lowest BCUT2D eigenvalue weighted by Crippen LogP contribution is -1.99. The first kappa shape index (κ1) is 16.6. The molecule has 0 fully saturated rings. The van der Waals surface area contributed by atoms with Crippen LogP contribution < -0.4 is 10.5 Å². The average molecular weight is 345 g/mol. The molecule has 2 aromatic heterocycles. The standard InChI is InChI=1S/C22H23N3O/c1-26-17-9-10-21-19(13-17)18(7-4-5-11-23)22(25-21)16-12-15-6-2-3-8-20(15)24-14-16/h2-3,6,8-10,12-14,25H,4-5,7,11,23H2,1H3. The molecule has 132 valence electrons. The molecule has 0 amide bonds. The Bertz CT molecular complexity index is 1050. The summed E-state index contributed by atoms with van der Waals surface area (Å²) in [4.78, 5) is 8.23. The minimum Gasteiger partial charge on any atom is -0.497 e. The zero-order chi connectivity index (χ0) is 17.9. The van der Waals surface area contributed by atoms with E-state index in [2.05, 4.69) is 34.2 Å². The maximum Gasteiger partial charge on any atom is 0.119 e. The van der Waals surface area contributed by atoms with Gasteiger partial charge in [-0.05, 0) is 61.7 Å². The number of unbranched alkanes of at least 4 members (excludes halogenated alkanes) is 1. The number of aryl methyl sites for hydroxylation is 1. The van der Waals surface area contributed by atoms with Gasteiger partial charge in [0, 0.05) is 28.0 Å². The minimum absolute atomic E-state index is 0.721. The molecule has 0 radical (unpaired) electrons. The Balaban J connectivity index is 1.87. The fraction of sp³-hybridized carbons (Fsp3) is 0.227. The number of H-pyrrole nitrogens is 1. The van der Waals surface area contributed by atoms with Crippen LogP contribution in [-0.4, -0.2) is 23.6 Å². The van der Waals surface area contributed by atoms with E-state index >= 15 is 0 Å². The van der Waals surface area contributed by atoms with Gasteiger partial charge in [-0.3, -0.25) is 4.98 Å². The maximum atomic E-state index is 5.70. The van der Waals surface area contributed by atoms with Crippen LogP contribution in [0.5, 0.6) is 5.75 Å². The predicted molar refractivity (Wildman–Crippen MR) is 108 cm³/mol. The van der Waals surface area contributed by atoms with Crippen LogP contribution in [0.1, 0.15) is 18.4 Å². The van der Waals surface area contributed by atoms with Crippen LogP contribution in [0.15, 0.2) is 54.7 Å². The van der Waals surface area contributed by atoms with Crippen LogP contribution in [0.3, 0.4) is 0 Å². The fourth-order valence-electron chi connectivity index (χ4n) is 3.51. The van der Waals surface area contributed by atoms with Gasteiger partial charge in [-0.15, -0.1) is 0 Å². The van der Waals surface area contributed by atoms with Gasteiger partial charge in [0.25, 0.3) is 0 Å². The molecule has 0 unspecified atom stereocenters. The number of rotatable bonds is 6. The van der Waals surface area contributed by atoms with Gasteiger partial charge in [0.05, 0.1) is 18.3 Å². The van der Waals surface area contributed by atoms with E-state index in [1.807, 2.05) is 30.5 Å². The smallest absolute Gasteiger partial charge is 0.119 e. The number of benzene rings is 2. The first-order chi connectivity index (χ1) is 12.8. The summed E-state index contributed by atoms with van der Waals surface area (Å²) in [5, 5.41) is 2.36. The minimum atomic E-state index is 0.721. The molecular formula is C22H23N3O. The molecule has 3 N–H and O–H groups in total. The number of nitrogens with zero attached hydrogens (tertiary/aromatic N) is 1. The van der Waals surface area contributed by atoms with Crippen molar-refractivity contribution in [3.63, 3.8) is 0 Å². The number of nitrogens with two attached hydrogens (primary N) is 1. The first-order valence-corrected chi connectivity index (χ1v) is 9.04. The van der Waals surface area contributed by atoms with E-state index in [4.69, 9.17) is 10.5 Å². The van der Waals surface area contributed by atoms with Gasteiger partial charge in [0.1, 0.15) is 5.75 Å². The molecule has 4 rings (SSSR count). The van der Waals surface area contributed by atoms with E-state index in [-0.39, 0.29) is 0 Å². The number of hydrogen-bond acceptors (Lipinski definition) is 3. The second-order valence-electron chi connectivity index (χ2n) is 6.55. The second-order valence-corrected chi connectivity index (χ2v) is 6.55. The zero-order valence-corrected chi connectivity index (χ0v) is 15.0. The number of pyridine rings is 1. The number of ether oxygens (including phenoxy) is 1. The lowest BCUT2D eigenvalue weighted by Gasteiger charge is -2.07. The predicted octanol–water partition coefficient (Wildman–Crippen LogP) is 4.67. The molecule has 0 saturated carbocycles. The molecule has 4 aromatic rings. The van der Waals surface area contributed by atoms with Crippen molar-refractivity contribution in [2.24, 2.45) is 5.73 Å². The van der Waals surface area contributed by atoms with Crippen molar-refractivity contribution in [3.8, 4) is 17.0 Å². The van der Waals surface area contributed by atoms with Crippen LogP contribution in [0.25, 0.3) is 33.1 Å². The van der Waals surface area contributed by atoms with Gasteiger partial charge >= 0.3 is 0 Å². The molecule has 26 heavy (non-hydrogen) atoms. The van der Waals surface area contributed by atoms with Crippen LogP contribution in [-0.2, 0) is 6.42 Å². The number of methoxy groups -OCH3 is 1. The number of nitrogens with one attached hydrogen (secondary N) is 1. The molecule has 0 aliphatic carbocycles. The second kappa shape index (κ2) is 7.18. The summed E-state index contributed by atoms with van der Waals surface area (Å²) >= 11 is 0. The van der Waals surface area contributed by atoms with Crippen molar-refractivity contribution in [2.45, 2.75) is 19.3 Å². The molecular weight excluding hydrogens is 322 g/mol. The third-order valence-corrected chi connectivity index (χ3v) is 4.87. The quantitative estimate of drug-likeness (QED) is 0.499. The fourth-order valence-corrected chi connectivity index (χ4v) is 3.51. The van der Waals surface area contributed by atoms with Crippen molar-refractivity contribution in [2.75, 3.05) is 13.7 Å². The summed E-state index contributed by atoms with van der Waals surface area (Å²) in [7, 11) is 1.70. The summed E-state index contributed by atoms with van der Waals surface area (Å²) in [5.74, 6) is 0.875. The number of aromatic amines is 1. The van der Waals surface area contributed by atoms with E-state index < -0.39 is 0 Å². The lowest BCUT2D eigenvalue weighted by atomic mass is 10.00. The normalized spacial score (nSPS) is 11.3. The van der Waals surface area contributed by atoms with Crippen LogP contribution in [0, 0.1) is 0 Å². The molecule has 0 aliphatic rings. The highest BCUT2D eigenvalue weighted by Gasteiger charge is 2.14. The van der Waals surface area contributed by atoms with Crippen molar-refractivity contribution in [1.29, 1.82) is 0 Å². The summed E-state index contributed by atoms with van der Waals surface area (Å²) in [6.45, 7) is 0.721. The van der Waals surface area contributed by atoms with Crippen molar-refractivity contribution in [3.05, 3.63) is 60.3 Å². The van der Waals surface area contributed by atoms with E-state index in [0.29, 0.717) is 0 Å². The molecule has 0 spiro atoms. The monoisotopic (exact) mass is 345 g/mol. The van der Waals surface area contributed by atoms with Crippen LogP contribution in [0.4, 0.5) is 0 Å². The Kier molecular flexibility index (Phi) is 4.59. The lowest BCUT2D eigenvalue weighted by molar-refractivity contribution is 0.415. The number of hydrogen-bond donors (Lipinski definition) is 2. The highest BCUT2D eigenvalue weighted by Crippen LogP contribution is 2.34. The highest BCUT2D eigenvalue weighted by atomic mass is 16.5. The van der Waals surface area contributed by atoms with E-state index in [9.17, 15) is 0 Å². The van der Waals surface area contributed by atoms with Gasteiger partial charge in [0.2, 0.25) is 0 Å². The highest BCUT2D eigenvalue weighted by molar-refractivity contribution is 5.93. The van der Waals surface area contributed by atoms with Gasteiger partial charge in [-0.25, -0.2) is 0 Å². The van der Waals surface area contributed by atoms with Gasteiger partial charge < -0.3 is 15.5 Å². The Morgan fingerprint density at radius 2 is 1.96 bits per heavy atom. The number of para-hydroxylation sites is 1. The molecule has 0 bridgehead atoms. The Morgan fingerprint density at radius 3 is 2.81 bits per heavy atom. The van der Waals surface area contributed by atoms with Gasteiger partial charge in [-0.1, -0.05) is 18.2 Å². The van der Waals surface area contributed by atoms with Crippen LogP contribution in [0.2, 0.25) is 0 Å². The van der Waals surface area contributed by atoms with Crippen molar-refractivity contribution < 1.29 is 4.74 Å². The largest absolute Gasteiger partial charge is 0.497 e. The van der Waals surface area contributed by atoms with Gasteiger partial charge in [-0.2, -0.15) is 0 Å². The SMILES string of the molecule is COc1ccc2[nH]c(-c3cnc4ccccc4c3)c(CCCCN)c2c1. The summed E-state index contributed by atoms with van der Waals surface area (Å²) in [6.07, 6.45) is 5.02. The Labute approximate surface area is 153 Å². The number of fused-ring (bicyclic) bond motifs is 2. The van der Waals surface area contributed by atoms with E-state index in [1.54, 1.807) is 7.11 Å². The van der Waals surface area contributed by atoms with Gasteiger partial charge in [0.15, 0.2) is 0 Å². The molecule has 0 atom stereocenters. The Hall–Kier alpha value is -2.85. The molecule has 2 aromatic carbocycles. The summed E-state index contributed by atoms with van der Waals surface area (Å²) in [5.41, 5.74) is 11.4. The third kappa shape index (κ3) is 3.04. The summed E-state index contributed by atoms with van der Waals surface area (Å²) in [6, 6.07) is 16.6. The molecule has 0 aliphatic heterocycles.